The van der Waals surface area contributed by atoms with Gasteiger partial charge in [-0.1, -0.05) is 37.3 Å². The normalized spacial score (nSPS) is 13.7. The van der Waals surface area contributed by atoms with E-state index in [1.54, 1.807) is 24.3 Å². The van der Waals surface area contributed by atoms with Crippen LogP contribution in [0.15, 0.2) is 54.6 Å². The average molecular weight is 302 g/mol. The van der Waals surface area contributed by atoms with Crippen LogP contribution in [0.1, 0.15) is 33.3 Å². The van der Waals surface area contributed by atoms with E-state index >= 15 is 0 Å². The van der Waals surface area contributed by atoms with Crippen LogP contribution in [0.4, 0.5) is 5.69 Å². The lowest BCUT2D eigenvalue weighted by Crippen LogP contribution is -2.30. The molecule has 2 heterocycles. The lowest BCUT2D eigenvalue weighted by atomic mass is 10.1. The smallest absolute Gasteiger partial charge is 0.266 e. The molecule has 0 saturated carbocycles. The molecule has 2 amide bonds. The molecule has 0 aliphatic carbocycles. The molecule has 3 aromatic rings. The number of anilines is 1. The van der Waals surface area contributed by atoms with Gasteiger partial charge in [-0.05, 0) is 30.7 Å². The molecule has 4 nitrogen and oxygen atoms in total. The number of aromatic nitrogens is 1. The second-order valence-electron chi connectivity index (χ2n) is 5.49. The van der Waals surface area contributed by atoms with Gasteiger partial charge >= 0.3 is 0 Å². The molecule has 0 atom stereocenters. The number of fused-ring (bicyclic) bond motifs is 2. The number of imide groups is 1. The lowest BCUT2D eigenvalue weighted by molar-refractivity contribution is 0.0926. The van der Waals surface area contributed by atoms with Gasteiger partial charge < -0.3 is 0 Å². The molecule has 23 heavy (non-hydrogen) atoms. The molecule has 0 unspecified atom stereocenters. The Labute approximate surface area is 133 Å². The number of para-hydroxylation sites is 1. The average Bonchev–Trinajstić information content (AvgIpc) is 2.85. The first-order valence-corrected chi connectivity index (χ1v) is 7.57. The SMILES string of the molecule is CCc1nc2ccccc2cc1N1C(=O)c2ccccc2C1=O. The Morgan fingerprint density at radius 3 is 2.17 bits per heavy atom. The zero-order chi connectivity index (χ0) is 16.0. The first-order chi connectivity index (χ1) is 11.2. The maximum absolute atomic E-state index is 12.7. The highest BCUT2D eigenvalue weighted by atomic mass is 16.2. The van der Waals surface area contributed by atoms with Crippen LogP contribution in [0, 0.1) is 0 Å². The minimum atomic E-state index is -0.280. The van der Waals surface area contributed by atoms with Crippen molar-refractivity contribution in [2.24, 2.45) is 0 Å². The Balaban J connectivity index is 1.93. The molecule has 1 aliphatic heterocycles. The first kappa shape index (κ1) is 13.6. The fraction of sp³-hybridized carbons (Fsp3) is 0.105. The van der Waals surface area contributed by atoms with Crippen molar-refractivity contribution in [3.63, 3.8) is 0 Å². The number of hydrogen-bond acceptors (Lipinski definition) is 3. The summed E-state index contributed by atoms with van der Waals surface area (Å²) < 4.78 is 0. The predicted octanol–water partition coefficient (Wildman–Crippen LogP) is 3.60. The summed E-state index contributed by atoms with van der Waals surface area (Å²) in [5, 5.41) is 0.913. The minimum absolute atomic E-state index is 0.280. The number of hydrogen-bond donors (Lipinski definition) is 0. The molecular formula is C19H14N2O2. The third-order valence-corrected chi connectivity index (χ3v) is 4.15. The third-order valence-electron chi connectivity index (χ3n) is 4.15. The highest BCUT2D eigenvalue weighted by Gasteiger charge is 2.37. The molecule has 0 radical (unpaired) electrons. The summed E-state index contributed by atoms with van der Waals surface area (Å²) in [5.41, 5.74) is 3.10. The van der Waals surface area contributed by atoms with Crippen molar-refractivity contribution in [3.05, 3.63) is 71.4 Å². The standard InChI is InChI=1S/C19H14N2O2/c1-2-15-17(11-12-7-3-6-10-16(12)20-15)21-18(22)13-8-4-5-9-14(13)19(21)23/h3-11H,2H2,1H3. The summed E-state index contributed by atoms with van der Waals surface area (Å²) in [6.07, 6.45) is 0.646. The third kappa shape index (κ3) is 1.95. The Morgan fingerprint density at radius 2 is 1.52 bits per heavy atom. The molecule has 0 fully saturated rings. The number of rotatable bonds is 2. The van der Waals surface area contributed by atoms with Gasteiger partial charge in [0.05, 0.1) is 28.0 Å². The van der Waals surface area contributed by atoms with E-state index in [4.69, 9.17) is 0 Å². The Bertz CT molecular complexity index is 927. The first-order valence-electron chi connectivity index (χ1n) is 7.57. The van der Waals surface area contributed by atoms with Gasteiger partial charge in [0.25, 0.3) is 11.8 Å². The van der Waals surface area contributed by atoms with E-state index in [0.29, 0.717) is 23.2 Å². The van der Waals surface area contributed by atoms with Crippen LogP contribution in [-0.2, 0) is 6.42 Å². The summed E-state index contributed by atoms with van der Waals surface area (Å²) in [6, 6.07) is 16.5. The van der Waals surface area contributed by atoms with Gasteiger partial charge in [0, 0.05) is 5.39 Å². The minimum Gasteiger partial charge on any atom is -0.268 e. The van der Waals surface area contributed by atoms with Crippen molar-refractivity contribution < 1.29 is 9.59 Å². The van der Waals surface area contributed by atoms with Crippen LogP contribution in [0.2, 0.25) is 0 Å². The number of carbonyl (C=O) groups excluding carboxylic acids is 2. The lowest BCUT2D eigenvalue weighted by Gasteiger charge is -2.18. The van der Waals surface area contributed by atoms with E-state index < -0.39 is 0 Å². The molecule has 0 N–H and O–H groups in total. The molecule has 4 rings (SSSR count). The molecule has 0 spiro atoms. The van der Waals surface area contributed by atoms with Gasteiger partial charge in [0.1, 0.15) is 0 Å². The van der Waals surface area contributed by atoms with Gasteiger partial charge in [0.15, 0.2) is 0 Å². The van der Waals surface area contributed by atoms with E-state index in [-0.39, 0.29) is 11.8 Å². The summed E-state index contributed by atoms with van der Waals surface area (Å²) in [4.78, 5) is 31.3. The van der Waals surface area contributed by atoms with Crippen molar-refractivity contribution in [2.75, 3.05) is 4.90 Å². The topological polar surface area (TPSA) is 50.3 Å². The Hall–Kier alpha value is -3.01. The highest BCUT2D eigenvalue weighted by molar-refractivity contribution is 6.34. The summed E-state index contributed by atoms with van der Waals surface area (Å²) in [5.74, 6) is -0.560. The van der Waals surface area contributed by atoms with Crippen molar-refractivity contribution in [3.8, 4) is 0 Å². The van der Waals surface area contributed by atoms with Crippen molar-refractivity contribution >= 4 is 28.4 Å². The molecule has 4 heteroatoms. The van der Waals surface area contributed by atoms with Gasteiger partial charge in [-0.2, -0.15) is 0 Å². The zero-order valence-corrected chi connectivity index (χ0v) is 12.6. The van der Waals surface area contributed by atoms with Gasteiger partial charge in [-0.3, -0.25) is 14.6 Å². The molecule has 1 aliphatic rings. The summed E-state index contributed by atoms with van der Waals surface area (Å²) in [6.45, 7) is 1.97. The van der Waals surface area contributed by atoms with E-state index in [9.17, 15) is 9.59 Å². The van der Waals surface area contributed by atoms with E-state index in [1.165, 1.54) is 4.90 Å². The molecule has 1 aromatic heterocycles. The number of carbonyl (C=O) groups is 2. The number of pyridine rings is 1. The Morgan fingerprint density at radius 1 is 0.913 bits per heavy atom. The largest absolute Gasteiger partial charge is 0.268 e. The zero-order valence-electron chi connectivity index (χ0n) is 12.6. The van der Waals surface area contributed by atoms with Crippen LogP contribution >= 0.6 is 0 Å². The molecule has 112 valence electrons. The fourth-order valence-corrected chi connectivity index (χ4v) is 3.01. The molecule has 0 saturated heterocycles. The quantitative estimate of drug-likeness (QED) is 0.680. The predicted molar refractivity (Wildman–Crippen MR) is 88.7 cm³/mol. The van der Waals surface area contributed by atoms with Crippen molar-refractivity contribution in [1.29, 1.82) is 0 Å². The van der Waals surface area contributed by atoms with Gasteiger partial charge in [-0.15, -0.1) is 0 Å². The molecule has 0 bridgehead atoms. The van der Waals surface area contributed by atoms with Crippen molar-refractivity contribution in [1.82, 2.24) is 4.98 Å². The Kier molecular flexibility index (Phi) is 2.98. The van der Waals surface area contributed by atoms with Crippen LogP contribution in [0.3, 0.4) is 0 Å². The number of amides is 2. The summed E-state index contributed by atoms with van der Waals surface area (Å²) in [7, 11) is 0. The summed E-state index contributed by atoms with van der Waals surface area (Å²) >= 11 is 0. The van der Waals surface area contributed by atoms with Crippen LogP contribution in [-0.4, -0.2) is 16.8 Å². The monoisotopic (exact) mass is 302 g/mol. The number of benzene rings is 2. The van der Waals surface area contributed by atoms with E-state index in [0.717, 1.165) is 16.6 Å². The number of nitrogens with zero attached hydrogens (tertiary/aromatic N) is 2. The maximum Gasteiger partial charge on any atom is 0.266 e. The van der Waals surface area contributed by atoms with Crippen LogP contribution in [0.25, 0.3) is 10.9 Å². The highest BCUT2D eigenvalue weighted by Crippen LogP contribution is 2.32. The second kappa shape index (κ2) is 5.02. The number of aryl methyl sites for hydroxylation is 1. The molecular weight excluding hydrogens is 288 g/mol. The fourth-order valence-electron chi connectivity index (χ4n) is 3.01. The van der Waals surface area contributed by atoms with Crippen molar-refractivity contribution in [2.45, 2.75) is 13.3 Å². The molecule has 2 aromatic carbocycles. The van der Waals surface area contributed by atoms with E-state index in [2.05, 4.69) is 4.98 Å². The van der Waals surface area contributed by atoms with Gasteiger partial charge in [0.2, 0.25) is 0 Å². The van der Waals surface area contributed by atoms with Gasteiger partial charge in [-0.25, -0.2) is 4.90 Å². The second-order valence-corrected chi connectivity index (χ2v) is 5.49. The van der Waals surface area contributed by atoms with Crippen LogP contribution < -0.4 is 4.90 Å². The van der Waals surface area contributed by atoms with E-state index in [1.807, 2.05) is 37.3 Å². The maximum atomic E-state index is 12.7. The van der Waals surface area contributed by atoms with Crippen LogP contribution in [0.5, 0.6) is 0 Å².